The molecule has 154 valence electrons. The minimum absolute atomic E-state index is 0.0857. The lowest BCUT2D eigenvalue weighted by atomic mass is 9.47. The van der Waals surface area contributed by atoms with Crippen LogP contribution in [0.5, 0.6) is 0 Å². The molecule has 2 saturated carbocycles. The largest absolute Gasteiger partial charge is 0.462 e. The predicted octanol–water partition coefficient (Wildman–Crippen LogP) is 5.97. The topological polar surface area (TPSA) is 39.2 Å². The van der Waals surface area contributed by atoms with Crippen molar-refractivity contribution in [3.8, 4) is 0 Å². The molecule has 4 aliphatic rings. The Bertz CT molecular complexity index is 872. The molecular weight excluding hydrogens is 358 g/mol. The van der Waals surface area contributed by atoms with Crippen LogP contribution in [0.2, 0.25) is 0 Å². The van der Waals surface area contributed by atoms with Gasteiger partial charge in [0.15, 0.2) is 0 Å². The molecule has 3 heteroatoms. The third-order valence-corrected chi connectivity index (χ3v) is 8.94. The molecule has 0 bridgehead atoms. The van der Waals surface area contributed by atoms with E-state index in [2.05, 4.69) is 43.1 Å². The first-order valence-electron chi connectivity index (χ1n) is 11.4. The van der Waals surface area contributed by atoms with Crippen LogP contribution in [-0.2, 0) is 9.53 Å². The number of carbonyl (C=O) groups is 1. The summed E-state index contributed by atoms with van der Waals surface area (Å²) in [5.74, 6) is 2.12. The van der Waals surface area contributed by atoms with Crippen molar-refractivity contribution in [2.75, 3.05) is 0 Å². The Morgan fingerprint density at radius 3 is 2.69 bits per heavy atom. The second-order valence-corrected chi connectivity index (χ2v) is 10.3. The maximum Gasteiger partial charge on any atom is 0.302 e. The fraction of sp³-hybridized carbons (Fsp3) is 0.615. The average molecular weight is 392 g/mol. The zero-order valence-corrected chi connectivity index (χ0v) is 18.0. The molecule has 0 aromatic carbocycles. The summed E-state index contributed by atoms with van der Waals surface area (Å²) in [6, 6.07) is 4.30. The zero-order valence-electron chi connectivity index (χ0n) is 18.0. The van der Waals surface area contributed by atoms with Gasteiger partial charge in [-0.2, -0.15) is 0 Å². The molecule has 0 amide bonds. The molecule has 29 heavy (non-hydrogen) atoms. The molecule has 1 aromatic heterocycles. The summed E-state index contributed by atoms with van der Waals surface area (Å²) in [4.78, 5) is 15.8. The SMILES string of the molecule is CC(=O)OC1CC[C@@]2(C)C(=CC[C@@H]3C2CC[C@]2(C)C(c4cccnc4)=CC[C@@H]32)C1. The van der Waals surface area contributed by atoms with Crippen LogP contribution in [0.1, 0.15) is 71.3 Å². The molecule has 6 atom stereocenters. The van der Waals surface area contributed by atoms with Crippen LogP contribution >= 0.6 is 0 Å². The molecule has 0 N–H and O–H groups in total. The van der Waals surface area contributed by atoms with Crippen LogP contribution in [-0.4, -0.2) is 17.1 Å². The van der Waals surface area contributed by atoms with Gasteiger partial charge in [-0.1, -0.05) is 37.6 Å². The van der Waals surface area contributed by atoms with Gasteiger partial charge in [-0.25, -0.2) is 0 Å². The molecule has 4 aliphatic carbocycles. The van der Waals surface area contributed by atoms with E-state index in [-0.39, 0.29) is 22.9 Å². The monoisotopic (exact) mass is 391 g/mol. The highest BCUT2D eigenvalue weighted by molar-refractivity contribution is 5.72. The molecule has 3 nitrogen and oxygen atoms in total. The van der Waals surface area contributed by atoms with Gasteiger partial charge in [-0.15, -0.1) is 0 Å². The van der Waals surface area contributed by atoms with E-state index in [1.165, 1.54) is 43.7 Å². The van der Waals surface area contributed by atoms with Crippen LogP contribution in [0.15, 0.2) is 42.3 Å². The van der Waals surface area contributed by atoms with Gasteiger partial charge in [-0.3, -0.25) is 9.78 Å². The highest BCUT2D eigenvalue weighted by atomic mass is 16.5. The maximum atomic E-state index is 11.4. The average Bonchev–Trinajstić information content (AvgIpc) is 3.06. The summed E-state index contributed by atoms with van der Waals surface area (Å²) in [6.07, 6.45) is 17.1. The van der Waals surface area contributed by atoms with Crippen molar-refractivity contribution in [3.05, 3.63) is 47.8 Å². The van der Waals surface area contributed by atoms with Crippen molar-refractivity contribution in [1.82, 2.24) is 4.98 Å². The Morgan fingerprint density at radius 1 is 1.10 bits per heavy atom. The van der Waals surface area contributed by atoms with E-state index >= 15 is 0 Å². The van der Waals surface area contributed by atoms with Gasteiger partial charge < -0.3 is 4.74 Å². The van der Waals surface area contributed by atoms with Crippen molar-refractivity contribution in [2.24, 2.45) is 28.6 Å². The van der Waals surface area contributed by atoms with Crippen molar-refractivity contribution in [1.29, 1.82) is 0 Å². The Morgan fingerprint density at radius 2 is 1.93 bits per heavy atom. The first-order chi connectivity index (χ1) is 13.9. The van der Waals surface area contributed by atoms with Crippen LogP contribution in [0.3, 0.4) is 0 Å². The highest BCUT2D eigenvalue weighted by Gasteiger charge is 2.56. The zero-order chi connectivity index (χ0) is 20.2. The summed E-state index contributed by atoms with van der Waals surface area (Å²) >= 11 is 0. The van der Waals surface area contributed by atoms with E-state index in [4.69, 9.17) is 4.74 Å². The van der Waals surface area contributed by atoms with Gasteiger partial charge in [0.25, 0.3) is 0 Å². The number of nitrogens with zero attached hydrogens (tertiary/aromatic N) is 1. The van der Waals surface area contributed by atoms with E-state index in [1.807, 2.05) is 12.4 Å². The number of carbonyl (C=O) groups excluding carboxylic acids is 1. The molecule has 2 fully saturated rings. The molecule has 1 aromatic rings. The summed E-state index contributed by atoms with van der Waals surface area (Å²) in [6.45, 7) is 6.56. The molecule has 5 rings (SSSR count). The smallest absolute Gasteiger partial charge is 0.302 e. The number of hydrogen-bond donors (Lipinski definition) is 0. The standard InChI is InChI=1S/C26H33NO2/c1-17(28)29-20-10-12-25(2)19(15-20)6-7-21-23-9-8-22(18-5-4-14-27-16-18)26(23,3)13-11-24(21)25/h4-6,8,14,16,20-21,23-24H,7,9-13,15H2,1-3H3/t20?,21-,23-,24?,25-,26+/m0/s1. The second kappa shape index (κ2) is 6.82. The fourth-order valence-electron chi connectivity index (χ4n) is 7.50. The third-order valence-electron chi connectivity index (χ3n) is 8.94. The predicted molar refractivity (Wildman–Crippen MR) is 115 cm³/mol. The molecule has 2 unspecified atom stereocenters. The van der Waals surface area contributed by atoms with Crippen LogP contribution < -0.4 is 0 Å². The number of ether oxygens (including phenoxy) is 1. The van der Waals surface area contributed by atoms with Crippen LogP contribution in [0.25, 0.3) is 5.57 Å². The van der Waals surface area contributed by atoms with Gasteiger partial charge in [0.2, 0.25) is 0 Å². The minimum Gasteiger partial charge on any atom is -0.462 e. The summed E-state index contributed by atoms with van der Waals surface area (Å²) in [5.41, 5.74) is 4.99. The van der Waals surface area contributed by atoms with Crippen molar-refractivity contribution >= 4 is 11.5 Å². The Hall–Kier alpha value is -1.90. The van der Waals surface area contributed by atoms with E-state index in [0.29, 0.717) is 0 Å². The number of allylic oxidation sites excluding steroid dienone is 3. The van der Waals surface area contributed by atoms with Gasteiger partial charge in [0, 0.05) is 25.7 Å². The molecule has 0 aliphatic heterocycles. The van der Waals surface area contributed by atoms with Gasteiger partial charge in [0.05, 0.1) is 0 Å². The number of esters is 1. The number of rotatable bonds is 2. The quantitative estimate of drug-likeness (QED) is 0.460. The summed E-state index contributed by atoms with van der Waals surface area (Å²) < 4.78 is 5.58. The summed E-state index contributed by atoms with van der Waals surface area (Å²) in [7, 11) is 0. The third kappa shape index (κ3) is 2.92. The molecular formula is C26H33NO2. The lowest BCUT2D eigenvalue weighted by Crippen LogP contribution is -2.50. The van der Waals surface area contributed by atoms with Crippen LogP contribution in [0, 0.1) is 28.6 Å². The summed E-state index contributed by atoms with van der Waals surface area (Å²) in [5, 5.41) is 0. The Balaban J connectivity index is 1.41. The molecule has 0 saturated heterocycles. The van der Waals surface area contributed by atoms with Gasteiger partial charge in [0.1, 0.15) is 6.10 Å². The van der Waals surface area contributed by atoms with Gasteiger partial charge in [-0.05, 0) is 84.3 Å². The lowest BCUT2D eigenvalue weighted by Gasteiger charge is -2.57. The van der Waals surface area contributed by atoms with Crippen molar-refractivity contribution < 1.29 is 9.53 Å². The molecule has 1 heterocycles. The number of fused-ring (bicyclic) bond motifs is 5. The van der Waals surface area contributed by atoms with E-state index in [0.717, 1.165) is 37.0 Å². The second-order valence-electron chi connectivity index (χ2n) is 10.3. The molecule has 0 radical (unpaired) electrons. The number of pyridine rings is 1. The van der Waals surface area contributed by atoms with Gasteiger partial charge >= 0.3 is 5.97 Å². The van der Waals surface area contributed by atoms with Crippen molar-refractivity contribution in [3.63, 3.8) is 0 Å². The van der Waals surface area contributed by atoms with Crippen molar-refractivity contribution in [2.45, 2.75) is 71.8 Å². The fourth-order valence-corrected chi connectivity index (χ4v) is 7.50. The number of aromatic nitrogens is 1. The Labute approximate surface area is 174 Å². The highest BCUT2D eigenvalue weighted by Crippen LogP contribution is 2.66. The van der Waals surface area contributed by atoms with E-state index < -0.39 is 0 Å². The lowest BCUT2D eigenvalue weighted by molar-refractivity contribution is -0.148. The maximum absolute atomic E-state index is 11.4. The Kier molecular flexibility index (Phi) is 4.49. The van der Waals surface area contributed by atoms with E-state index in [1.54, 1.807) is 5.57 Å². The molecule has 0 spiro atoms. The first-order valence-corrected chi connectivity index (χ1v) is 11.4. The van der Waals surface area contributed by atoms with Crippen LogP contribution in [0.4, 0.5) is 0 Å². The normalized spacial score (nSPS) is 40.8. The minimum atomic E-state index is -0.138. The first kappa shape index (κ1) is 19.1. The number of hydrogen-bond acceptors (Lipinski definition) is 3. The van der Waals surface area contributed by atoms with E-state index in [9.17, 15) is 4.79 Å².